The summed E-state index contributed by atoms with van der Waals surface area (Å²) in [6, 6.07) is 24.4. The Labute approximate surface area is 150 Å². The molecular weight excluding hydrogens is 326 g/mol. The summed E-state index contributed by atoms with van der Waals surface area (Å²) in [6.45, 7) is 0. The summed E-state index contributed by atoms with van der Waals surface area (Å²) >= 11 is 0. The van der Waals surface area contributed by atoms with Crippen LogP contribution in [-0.4, -0.2) is 0 Å². The molecule has 3 rings (SSSR count). The van der Waals surface area contributed by atoms with Gasteiger partial charge in [0.1, 0.15) is 23.0 Å². The van der Waals surface area contributed by atoms with E-state index in [1.165, 1.54) is 6.07 Å². The van der Waals surface area contributed by atoms with Crippen LogP contribution in [0.4, 0.5) is 0 Å². The van der Waals surface area contributed by atoms with Gasteiger partial charge in [0.25, 0.3) is 0 Å². The van der Waals surface area contributed by atoms with Crippen molar-refractivity contribution in [3.05, 3.63) is 83.4 Å². The van der Waals surface area contributed by atoms with E-state index in [-0.39, 0.29) is 0 Å². The minimum atomic E-state index is 0.351. The lowest BCUT2D eigenvalue weighted by molar-refractivity contribution is 0.460. The zero-order valence-electron chi connectivity index (χ0n) is 13.5. The van der Waals surface area contributed by atoms with Crippen molar-refractivity contribution >= 4 is 0 Å². The van der Waals surface area contributed by atoms with Gasteiger partial charge in [-0.05, 0) is 54.6 Å². The van der Waals surface area contributed by atoms with Crippen molar-refractivity contribution in [3.8, 4) is 41.2 Å². The number of ether oxygens (including phenoxy) is 2. The Morgan fingerprint density at radius 1 is 0.500 bits per heavy atom. The first kappa shape index (κ1) is 16.6. The molecule has 122 valence electrons. The lowest BCUT2D eigenvalue weighted by Crippen LogP contribution is -1.89. The second-order valence-electron chi connectivity index (χ2n) is 5.28. The molecule has 0 spiro atoms. The van der Waals surface area contributed by atoms with Crippen LogP contribution in [0.5, 0.6) is 23.0 Å². The maximum absolute atomic E-state index is 9.04. The zero-order chi connectivity index (χ0) is 18.4. The highest BCUT2D eigenvalue weighted by atomic mass is 16.5. The molecule has 0 atom stereocenters. The van der Waals surface area contributed by atoms with Crippen LogP contribution >= 0.6 is 0 Å². The van der Waals surface area contributed by atoms with Crippen molar-refractivity contribution in [2.45, 2.75) is 0 Å². The predicted octanol–water partition coefficient (Wildman–Crippen LogP) is 4.89. The molecule has 0 bridgehead atoms. The van der Waals surface area contributed by atoms with Crippen molar-refractivity contribution in [2.24, 2.45) is 0 Å². The molecule has 0 aliphatic heterocycles. The summed E-state index contributed by atoms with van der Waals surface area (Å²) in [5.41, 5.74) is 1.26. The maximum atomic E-state index is 9.04. The SMILES string of the molecule is N#Cc1ccc(Oc2cccc(Oc3cc(C#N)cc(C#N)c3)c2)cc1. The number of hydrogen-bond donors (Lipinski definition) is 0. The highest BCUT2D eigenvalue weighted by molar-refractivity contribution is 5.47. The highest BCUT2D eigenvalue weighted by Crippen LogP contribution is 2.29. The molecule has 3 aromatic carbocycles. The minimum Gasteiger partial charge on any atom is -0.457 e. The average molecular weight is 337 g/mol. The Kier molecular flexibility index (Phi) is 4.80. The highest BCUT2D eigenvalue weighted by Gasteiger charge is 2.05. The van der Waals surface area contributed by atoms with Gasteiger partial charge in [0.2, 0.25) is 0 Å². The standard InChI is InChI=1S/C21H11N3O2/c22-12-15-4-6-18(7-5-15)25-19-2-1-3-20(11-19)26-21-9-16(13-23)8-17(10-21)14-24/h1-11H. The van der Waals surface area contributed by atoms with Crippen LogP contribution in [-0.2, 0) is 0 Å². The fraction of sp³-hybridized carbons (Fsp3) is 0. The smallest absolute Gasteiger partial charge is 0.131 e. The minimum absolute atomic E-state index is 0.351. The molecule has 0 heterocycles. The Bertz CT molecular complexity index is 1040. The molecule has 26 heavy (non-hydrogen) atoms. The van der Waals surface area contributed by atoms with Crippen LogP contribution in [0.2, 0.25) is 0 Å². The van der Waals surface area contributed by atoms with E-state index in [4.69, 9.17) is 25.3 Å². The molecule has 0 unspecified atom stereocenters. The van der Waals surface area contributed by atoms with Crippen LogP contribution in [0.15, 0.2) is 66.7 Å². The van der Waals surface area contributed by atoms with Gasteiger partial charge in [0.15, 0.2) is 0 Å². The molecule has 0 saturated heterocycles. The summed E-state index contributed by atoms with van der Waals surface area (Å²) in [4.78, 5) is 0. The first-order valence-corrected chi connectivity index (χ1v) is 7.61. The number of nitrogens with zero attached hydrogens (tertiary/aromatic N) is 3. The molecule has 0 aliphatic rings. The van der Waals surface area contributed by atoms with Crippen molar-refractivity contribution in [1.82, 2.24) is 0 Å². The number of nitriles is 3. The van der Waals surface area contributed by atoms with Gasteiger partial charge in [0, 0.05) is 6.07 Å². The fourth-order valence-electron chi connectivity index (χ4n) is 2.26. The van der Waals surface area contributed by atoms with Gasteiger partial charge in [-0.25, -0.2) is 0 Å². The molecular formula is C21H11N3O2. The van der Waals surface area contributed by atoms with Gasteiger partial charge in [-0.3, -0.25) is 0 Å². The second-order valence-corrected chi connectivity index (χ2v) is 5.28. The quantitative estimate of drug-likeness (QED) is 0.676. The third kappa shape index (κ3) is 3.97. The largest absolute Gasteiger partial charge is 0.457 e. The number of hydrogen-bond acceptors (Lipinski definition) is 5. The van der Waals surface area contributed by atoms with E-state index < -0.39 is 0 Å². The van der Waals surface area contributed by atoms with Crippen LogP contribution in [0.3, 0.4) is 0 Å². The van der Waals surface area contributed by atoms with Gasteiger partial charge >= 0.3 is 0 Å². The normalized spacial score (nSPS) is 9.42. The molecule has 0 aliphatic carbocycles. The molecule has 5 nitrogen and oxygen atoms in total. The monoisotopic (exact) mass is 337 g/mol. The second kappa shape index (κ2) is 7.53. The van der Waals surface area contributed by atoms with Crippen LogP contribution in [0.1, 0.15) is 16.7 Å². The summed E-state index contributed by atoms with van der Waals surface area (Å²) in [5.74, 6) is 2.06. The van der Waals surface area contributed by atoms with E-state index in [2.05, 4.69) is 6.07 Å². The van der Waals surface area contributed by atoms with Gasteiger partial charge in [-0.2, -0.15) is 15.8 Å². The summed E-state index contributed by atoms with van der Waals surface area (Å²) in [7, 11) is 0. The van der Waals surface area contributed by atoms with Crippen molar-refractivity contribution in [1.29, 1.82) is 15.8 Å². The van der Waals surface area contributed by atoms with Gasteiger partial charge in [0.05, 0.1) is 34.9 Å². The Balaban J connectivity index is 1.80. The van der Waals surface area contributed by atoms with E-state index in [0.29, 0.717) is 39.7 Å². The summed E-state index contributed by atoms with van der Waals surface area (Å²) in [5, 5.41) is 26.9. The fourth-order valence-corrected chi connectivity index (χ4v) is 2.26. The predicted molar refractivity (Wildman–Crippen MR) is 93.6 cm³/mol. The lowest BCUT2D eigenvalue weighted by atomic mass is 10.1. The summed E-state index contributed by atoms with van der Waals surface area (Å²) < 4.78 is 11.5. The zero-order valence-corrected chi connectivity index (χ0v) is 13.5. The van der Waals surface area contributed by atoms with E-state index in [1.54, 1.807) is 60.7 Å². The van der Waals surface area contributed by atoms with Gasteiger partial charge in [-0.15, -0.1) is 0 Å². The van der Waals surface area contributed by atoms with Crippen LogP contribution in [0, 0.1) is 34.0 Å². The molecule has 3 aromatic rings. The number of benzene rings is 3. The Morgan fingerprint density at radius 3 is 1.58 bits per heavy atom. The number of rotatable bonds is 4. The first-order valence-electron chi connectivity index (χ1n) is 7.61. The third-order valence-electron chi connectivity index (χ3n) is 3.43. The first-order chi connectivity index (χ1) is 12.7. The van der Waals surface area contributed by atoms with Gasteiger partial charge < -0.3 is 9.47 Å². The molecule has 5 heteroatoms. The molecule has 0 radical (unpaired) electrons. The molecule has 0 amide bonds. The molecule has 0 saturated carbocycles. The van der Waals surface area contributed by atoms with E-state index in [0.717, 1.165) is 0 Å². The summed E-state index contributed by atoms with van der Waals surface area (Å²) in [6.07, 6.45) is 0. The van der Waals surface area contributed by atoms with E-state index >= 15 is 0 Å². The molecule has 0 aromatic heterocycles. The van der Waals surface area contributed by atoms with E-state index in [9.17, 15) is 0 Å². The average Bonchev–Trinajstić information content (AvgIpc) is 2.68. The molecule has 0 fully saturated rings. The lowest BCUT2D eigenvalue weighted by Gasteiger charge is -2.09. The topological polar surface area (TPSA) is 89.8 Å². The molecule has 0 N–H and O–H groups in total. The Morgan fingerprint density at radius 2 is 1.04 bits per heavy atom. The maximum Gasteiger partial charge on any atom is 0.131 e. The van der Waals surface area contributed by atoms with Crippen molar-refractivity contribution < 1.29 is 9.47 Å². The van der Waals surface area contributed by atoms with Crippen molar-refractivity contribution in [2.75, 3.05) is 0 Å². The van der Waals surface area contributed by atoms with Crippen molar-refractivity contribution in [3.63, 3.8) is 0 Å². The Hall–Kier alpha value is -4.27. The van der Waals surface area contributed by atoms with Crippen LogP contribution < -0.4 is 9.47 Å². The third-order valence-corrected chi connectivity index (χ3v) is 3.43. The van der Waals surface area contributed by atoms with Crippen LogP contribution in [0.25, 0.3) is 0 Å². The van der Waals surface area contributed by atoms with Gasteiger partial charge in [-0.1, -0.05) is 6.07 Å². The van der Waals surface area contributed by atoms with E-state index in [1.807, 2.05) is 12.1 Å².